The molecule has 1 heterocycles. The van der Waals surface area contributed by atoms with Crippen LogP contribution >= 0.6 is 11.8 Å². The summed E-state index contributed by atoms with van der Waals surface area (Å²) in [4.78, 5) is 11.8. The number of hydrogen-bond acceptors (Lipinski definition) is 4. The Hall–Kier alpha value is -0.220. The van der Waals surface area contributed by atoms with Crippen molar-refractivity contribution in [2.24, 2.45) is 5.92 Å². The summed E-state index contributed by atoms with van der Waals surface area (Å²) in [7, 11) is 0. The number of carbonyl (C=O) groups is 1. The maximum Gasteiger partial charge on any atom is 0.324 e. The van der Waals surface area contributed by atoms with E-state index < -0.39 is 0 Å². The van der Waals surface area contributed by atoms with E-state index in [2.05, 4.69) is 12.2 Å². The molecule has 3 nitrogen and oxygen atoms in total. The molecule has 0 aromatic heterocycles. The van der Waals surface area contributed by atoms with Crippen LogP contribution in [0.1, 0.15) is 32.6 Å². The van der Waals surface area contributed by atoms with Gasteiger partial charge in [0.15, 0.2) is 0 Å². The second-order valence-corrected chi connectivity index (χ2v) is 6.05. The van der Waals surface area contributed by atoms with Crippen LogP contribution in [-0.2, 0) is 9.53 Å². The maximum absolute atomic E-state index is 11.8. The fraction of sp³-hybridized carbons (Fsp3) is 0.917. The van der Waals surface area contributed by atoms with E-state index in [-0.39, 0.29) is 18.1 Å². The molecule has 0 spiro atoms. The molecule has 92 valence electrons. The van der Waals surface area contributed by atoms with E-state index in [4.69, 9.17) is 4.74 Å². The summed E-state index contributed by atoms with van der Waals surface area (Å²) < 4.78 is 5.56. The average Bonchev–Trinajstić information content (AvgIpc) is 2.33. The molecule has 1 saturated carbocycles. The van der Waals surface area contributed by atoms with Crippen LogP contribution in [0.3, 0.4) is 0 Å². The Kier molecular flexibility index (Phi) is 4.53. The number of carbonyl (C=O) groups excluding carboxylic acids is 1. The van der Waals surface area contributed by atoms with Crippen molar-refractivity contribution in [1.82, 2.24) is 5.32 Å². The molecule has 0 radical (unpaired) electrons. The highest BCUT2D eigenvalue weighted by atomic mass is 32.2. The van der Waals surface area contributed by atoms with Gasteiger partial charge in [0, 0.05) is 18.1 Å². The normalized spacial score (nSPS) is 35.7. The molecular formula is C12H21NO2S. The van der Waals surface area contributed by atoms with Crippen LogP contribution in [0.2, 0.25) is 0 Å². The largest absolute Gasteiger partial charge is 0.461 e. The zero-order chi connectivity index (χ0) is 11.4. The summed E-state index contributed by atoms with van der Waals surface area (Å²) >= 11 is 1.83. The standard InChI is InChI=1S/C12H21NO2S/c1-9-2-4-10(5-3-9)15-12(14)11-8-16-7-6-13-11/h9-11,13H,2-8H2,1H3. The van der Waals surface area contributed by atoms with Gasteiger partial charge in [0.05, 0.1) is 0 Å². The molecule has 1 saturated heterocycles. The number of ether oxygens (including phenoxy) is 1. The van der Waals surface area contributed by atoms with Crippen LogP contribution in [0.5, 0.6) is 0 Å². The van der Waals surface area contributed by atoms with E-state index in [1.165, 1.54) is 12.8 Å². The highest BCUT2D eigenvalue weighted by Gasteiger charge is 2.27. The van der Waals surface area contributed by atoms with E-state index in [0.29, 0.717) is 0 Å². The summed E-state index contributed by atoms with van der Waals surface area (Å²) in [5.74, 6) is 2.73. The van der Waals surface area contributed by atoms with Crippen LogP contribution < -0.4 is 5.32 Å². The first kappa shape index (κ1) is 12.2. The molecule has 0 aromatic rings. The van der Waals surface area contributed by atoms with Crippen molar-refractivity contribution in [3.63, 3.8) is 0 Å². The Morgan fingerprint density at radius 3 is 2.69 bits per heavy atom. The number of nitrogens with one attached hydrogen (secondary N) is 1. The lowest BCUT2D eigenvalue weighted by Crippen LogP contribution is -2.45. The first-order valence-electron chi connectivity index (χ1n) is 6.27. The maximum atomic E-state index is 11.8. The second-order valence-electron chi connectivity index (χ2n) is 4.90. The molecule has 1 unspecified atom stereocenters. The van der Waals surface area contributed by atoms with Gasteiger partial charge < -0.3 is 10.1 Å². The summed E-state index contributed by atoms with van der Waals surface area (Å²) in [5.41, 5.74) is 0. The van der Waals surface area contributed by atoms with Gasteiger partial charge in [-0.1, -0.05) is 6.92 Å². The molecule has 2 fully saturated rings. The first-order chi connectivity index (χ1) is 7.75. The van der Waals surface area contributed by atoms with Crippen LogP contribution in [0, 0.1) is 5.92 Å². The van der Waals surface area contributed by atoms with Gasteiger partial charge in [-0.05, 0) is 31.6 Å². The van der Waals surface area contributed by atoms with Gasteiger partial charge in [0.1, 0.15) is 12.1 Å². The molecule has 0 amide bonds. The minimum atomic E-state index is -0.0712. The summed E-state index contributed by atoms with van der Waals surface area (Å²) in [6.45, 7) is 3.20. The molecule has 2 rings (SSSR count). The van der Waals surface area contributed by atoms with Crippen LogP contribution in [0.4, 0.5) is 0 Å². The zero-order valence-corrected chi connectivity index (χ0v) is 10.7. The molecule has 0 bridgehead atoms. The summed E-state index contributed by atoms with van der Waals surface area (Å²) in [6.07, 6.45) is 4.67. The van der Waals surface area contributed by atoms with E-state index in [0.717, 1.165) is 36.8 Å². The van der Waals surface area contributed by atoms with Crippen molar-refractivity contribution in [2.75, 3.05) is 18.1 Å². The molecule has 1 aliphatic carbocycles. The molecule has 4 heteroatoms. The van der Waals surface area contributed by atoms with Crippen LogP contribution in [0.15, 0.2) is 0 Å². The summed E-state index contributed by atoms with van der Waals surface area (Å²) in [5, 5.41) is 3.22. The van der Waals surface area contributed by atoms with Crippen molar-refractivity contribution in [2.45, 2.75) is 44.8 Å². The minimum Gasteiger partial charge on any atom is -0.461 e. The van der Waals surface area contributed by atoms with Crippen molar-refractivity contribution in [3.05, 3.63) is 0 Å². The second kappa shape index (κ2) is 5.92. The Labute approximate surface area is 102 Å². The van der Waals surface area contributed by atoms with Gasteiger partial charge in [-0.25, -0.2) is 0 Å². The lowest BCUT2D eigenvalue weighted by Gasteiger charge is -2.28. The molecule has 16 heavy (non-hydrogen) atoms. The smallest absolute Gasteiger partial charge is 0.324 e. The van der Waals surface area contributed by atoms with E-state index in [1.807, 2.05) is 11.8 Å². The Balaban J connectivity index is 1.73. The third kappa shape index (κ3) is 3.39. The SMILES string of the molecule is CC1CCC(OC(=O)C2CSCCN2)CC1. The van der Waals surface area contributed by atoms with Crippen LogP contribution in [0.25, 0.3) is 0 Å². The van der Waals surface area contributed by atoms with Gasteiger partial charge in [0.25, 0.3) is 0 Å². The monoisotopic (exact) mass is 243 g/mol. The molecular weight excluding hydrogens is 222 g/mol. The average molecular weight is 243 g/mol. The first-order valence-corrected chi connectivity index (χ1v) is 7.43. The van der Waals surface area contributed by atoms with Gasteiger partial charge >= 0.3 is 5.97 Å². The Bertz CT molecular complexity index is 233. The number of hydrogen-bond donors (Lipinski definition) is 1. The predicted octanol–water partition coefficient (Wildman–Crippen LogP) is 1.81. The minimum absolute atomic E-state index is 0.0354. The molecule has 2 aliphatic rings. The molecule has 1 aliphatic heterocycles. The zero-order valence-electron chi connectivity index (χ0n) is 9.91. The fourth-order valence-electron chi connectivity index (χ4n) is 2.31. The highest BCUT2D eigenvalue weighted by molar-refractivity contribution is 7.99. The van der Waals surface area contributed by atoms with E-state index in [9.17, 15) is 4.79 Å². The topological polar surface area (TPSA) is 38.3 Å². The number of rotatable bonds is 2. The fourth-order valence-corrected chi connectivity index (χ4v) is 3.23. The highest BCUT2D eigenvalue weighted by Crippen LogP contribution is 2.26. The van der Waals surface area contributed by atoms with E-state index in [1.54, 1.807) is 0 Å². The third-order valence-corrected chi connectivity index (χ3v) is 4.51. The molecule has 1 atom stereocenters. The van der Waals surface area contributed by atoms with Gasteiger partial charge in [-0.2, -0.15) is 11.8 Å². The van der Waals surface area contributed by atoms with Crippen LogP contribution in [-0.4, -0.2) is 36.2 Å². The third-order valence-electron chi connectivity index (χ3n) is 3.45. The van der Waals surface area contributed by atoms with Crippen molar-refractivity contribution in [1.29, 1.82) is 0 Å². The Morgan fingerprint density at radius 1 is 1.31 bits per heavy atom. The lowest BCUT2D eigenvalue weighted by molar-refractivity contribution is -0.152. The van der Waals surface area contributed by atoms with Gasteiger partial charge in [-0.15, -0.1) is 0 Å². The Morgan fingerprint density at radius 2 is 2.06 bits per heavy atom. The van der Waals surface area contributed by atoms with Crippen molar-refractivity contribution in [3.8, 4) is 0 Å². The predicted molar refractivity (Wildman–Crippen MR) is 66.6 cm³/mol. The van der Waals surface area contributed by atoms with Gasteiger partial charge in [0.2, 0.25) is 0 Å². The van der Waals surface area contributed by atoms with Crippen molar-refractivity contribution >= 4 is 17.7 Å². The number of esters is 1. The number of thioether (sulfide) groups is 1. The van der Waals surface area contributed by atoms with Gasteiger partial charge in [-0.3, -0.25) is 4.79 Å². The molecule has 0 aromatic carbocycles. The summed E-state index contributed by atoms with van der Waals surface area (Å²) in [6, 6.07) is -0.0712. The quantitative estimate of drug-likeness (QED) is 0.751. The van der Waals surface area contributed by atoms with E-state index >= 15 is 0 Å². The lowest BCUT2D eigenvalue weighted by atomic mass is 9.89. The molecule has 1 N–H and O–H groups in total. The van der Waals surface area contributed by atoms with Crippen molar-refractivity contribution < 1.29 is 9.53 Å².